The molecule has 2 rings (SSSR count). The zero-order valence-electron chi connectivity index (χ0n) is 23.6. The zero-order chi connectivity index (χ0) is 26.8. The fourth-order valence-corrected chi connectivity index (χ4v) is 5.96. The Labute approximate surface area is 220 Å². The van der Waals surface area contributed by atoms with E-state index in [2.05, 4.69) is 46.1 Å². The first-order valence-electron chi connectivity index (χ1n) is 13.6. The van der Waals surface area contributed by atoms with Gasteiger partial charge in [0.05, 0.1) is 7.11 Å². The molecule has 1 N–H and O–H groups in total. The van der Waals surface area contributed by atoms with Gasteiger partial charge >= 0.3 is 12.1 Å². The van der Waals surface area contributed by atoms with E-state index < -0.39 is 8.32 Å². The molecule has 1 saturated carbocycles. The monoisotopic (exact) mass is 519 g/mol. The fourth-order valence-electron chi connectivity index (χ4n) is 4.92. The van der Waals surface area contributed by atoms with Crippen LogP contribution in [-0.4, -0.2) is 40.1 Å². The Kier molecular flexibility index (Phi) is 12.0. The van der Waals surface area contributed by atoms with Crippen LogP contribution in [0.15, 0.2) is 30.3 Å². The Morgan fingerprint density at radius 1 is 1.03 bits per heavy atom. The summed E-state index contributed by atoms with van der Waals surface area (Å²) in [5.41, 5.74) is 0.982. The van der Waals surface area contributed by atoms with Crippen molar-refractivity contribution in [2.24, 2.45) is 17.8 Å². The van der Waals surface area contributed by atoms with Crippen molar-refractivity contribution in [2.75, 3.05) is 13.7 Å². The lowest BCUT2D eigenvalue weighted by atomic mass is 9.85. The number of carbonyl (C=O) groups is 2. The summed E-state index contributed by atoms with van der Waals surface area (Å²) in [4.78, 5) is 24.0. The second-order valence-electron chi connectivity index (χ2n) is 12.0. The lowest BCUT2D eigenvalue weighted by Crippen LogP contribution is -2.46. The van der Waals surface area contributed by atoms with E-state index in [1.54, 1.807) is 0 Å². The number of carbonyl (C=O) groups excluding carboxylic acids is 2. The molecule has 36 heavy (non-hydrogen) atoms. The molecule has 1 fully saturated rings. The lowest BCUT2D eigenvalue weighted by molar-refractivity contribution is -0.140. The van der Waals surface area contributed by atoms with Gasteiger partial charge in [0.25, 0.3) is 0 Å². The Balaban J connectivity index is 1.97. The van der Waals surface area contributed by atoms with Gasteiger partial charge in [0.15, 0.2) is 8.32 Å². The van der Waals surface area contributed by atoms with E-state index in [1.807, 2.05) is 30.3 Å². The van der Waals surface area contributed by atoms with Gasteiger partial charge in [0.1, 0.15) is 6.61 Å². The second kappa shape index (κ2) is 14.2. The van der Waals surface area contributed by atoms with Crippen LogP contribution < -0.4 is 5.32 Å². The third-order valence-electron chi connectivity index (χ3n) is 8.28. The van der Waals surface area contributed by atoms with Gasteiger partial charge in [-0.05, 0) is 54.8 Å². The van der Waals surface area contributed by atoms with Crippen LogP contribution >= 0.6 is 0 Å². The van der Waals surface area contributed by atoms with Crippen molar-refractivity contribution < 1.29 is 23.5 Å². The molecule has 0 saturated heterocycles. The van der Waals surface area contributed by atoms with Crippen LogP contribution in [0.25, 0.3) is 0 Å². The Bertz CT molecular complexity index is 808. The van der Waals surface area contributed by atoms with Gasteiger partial charge in [-0.1, -0.05) is 77.3 Å². The smallest absolute Gasteiger partial charge is 0.407 e. The summed E-state index contributed by atoms with van der Waals surface area (Å²) in [7, 11) is -0.462. The molecule has 0 bridgehead atoms. The summed E-state index contributed by atoms with van der Waals surface area (Å²) in [5.74, 6) is 1.14. The average molecular weight is 520 g/mol. The van der Waals surface area contributed by atoms with Gasteiger partial charge in [0.2, 0.25) is 0 Å². The minimum absolute atomic E-state index is 0.0531. The topological polar surface area (TPSA) is 73.9 Å². The molecule has 204 valence electrons. The van der Waals surface area contributed by atoms with Crippen molar-refractivity contribution in [3.63, 3.8) is 0 Å². The van der Waals surface area contributed by atoms with E-state index >= 15 is 0 Å². The lowest BCUT2D eigenvalue weighted by Gasteiger charge is -2.38. The van der Waals surface area contributed by atoms with Crippen molar-refractivity contribution >= 4 is 20.4 Å². The molecule has 6 nitrogen and oxygen atoms in total. The van der Waals surface area contributed by atoms with Crippen molar-refractivity contribution in [1.29, 1.82) is 0 Å². The van der Waals surface area contributed by atoms with Crippen LogP contribution in [0.3, 0.4) is 0 Å². The Hall–Kier alpha value is -1.86. The normalized spacial score (nSPS) is 22.3. The Morgan fingerprint density at radius 2 is 1.69 bits per heavy atom. The van der Waals surface area contributed by atoms with Crippen molar-refractivity contribution in [3.05, 3.63) is 35.9 Å². The van der Waals surface area contributed by atoms with Gasteiger partial charge in [-0.15, -0.1) is 0 Å². The van der Waals surface area contributed by atoms with Gasteiger partial charge in [0, 0.05) is 25.0 Å². The molecule has 0 unspecified atom stereocenters. The molecule has 1 aliphatic rings. The number of hydrogen-bond acceptors (Lipinski definition) is 5. The predicted octanol–water partition coefficient (Wildman–Crippen LogP) is 7.09. The molecule has 0 spiro atoms. The number of nitrogens with one attached hydrogen (secondary N) is 1. The van der Waals surface area contributed by atoms with Crippen molar-refractivity contribution in [3.8, 4) is 0 Å². The number of amides is 1. The number of methoxy groups -OCH3 is 1. The molecular formula is C29H49NO5Si. The molecule has 7 heteroatoms. The van der Waals surface area contributed by atoms with Crippen LogP contribution in [0, 0.1) is 17.8 Å². The third-order valence-corrected chi connectivity index (χ3v) is 12.8. The molecule has 0 aliphatic heterocycles. The highest BCUT2D eigenvalue weighted by Crippen LogP contribution is 2.43. The summed E-state index contributed by atoms with van der Waals surface area (Å²) in [6, 6.07) is 9.82. The highest BCUT2D eigenvalue weighted by Gasteiger charge is 2.44. The first-order chi connectivity index (χ1) is 16.9. The quantitative estimate of drug-likeness (QED) is 0.171. The number of rotatable bonds is 13. The zero-order valence-corrected chi connectivity index (χ0v) is 24.6. The number of ether oxygens (including phenoxy) is 2. The molecule has 1 amide bonds. The van der Waals surface area contributed by atoms with Crippen LogP contribution in [0.5, 0.6) is 0 Å². The van der Waals surface area contributed by atoms with E-state index in [-0.39, 0.29) is 35.7 Å². The van der Waals surface area contributed by atoms with Crippen LogP contribution in [0.2, 0.25) is 18.1 Å². The molecule has 1 aromatic rings. The van der Waals surface area contributed by atoms with Crippen LogP contribution in [0.1, 0.15) is 78.2 Å². The molecule has 1 aliphatic carbocycles. The van der Waals surface area contributed by atoms with Gasteiger partial charge in [-0.2, -0.15) is 0 Å². The minimum atomic E-state index is -1.90. The standard InChI is InChI=1S/C29H49NO5Si/c1-22-19-26(30-28(32)34-20-23-15-11-10-12-16-23)25(21-35-36(6,7)29(2,3)4)24(22)17-13-8-9-14-18-27(31)33-5/h10-12,15-16,22,24-26H,8-9,13-14,17-21H2,1-7H3,(H,30,32)/t22-,24-,25+,26+/m0/s1. The van der Waals surface area contributed by atoms with E-state index in [0.717, 1.165) is 44.1 Å². The summed E-state index contributed by atoms with van der Waals surface area (Å²) in [6.07, 6.45) is 6.34. The number of unbranched alkanes of at least 4 members (excludes halogenated alkanes) is 3. The third kappa shape index (κ3) is 9.54. The van der Waals surface area contributed by atoms with Gasteiger partial charge < -0.3 is 19.2 Å². The van der Waals surface area contributed by atoms with E-state index in [1.165, 1.54) is 7.11 Å². The highest BCUT2D eigenvalue weighted by atomic mass is 28.4. The number of esters is 1. The summed E-state index contributed by atoms with van der Waals surface area (Å²) in [5, 5.41) is 3.33. The van der Waals surface area contributed by atoms with Crippen LogP contribution in [-0.2, 0) is 25.3 Å². The maximum absolute atomic E-state index is 12.7. The molecular weight excluding hydrogens is 470 g/mol. The minimum Gasteiger partial charge on any atom is -0.469 e. The largest absolute Gasteiger partial charge is 0.469 e. The number of benzene rings is 1. The van der Waals surface area contributed by atoms with Crippen LogP contribution in [0.4, 0.5) is 4.79 Å². The van der Waals surface area contributed by atoms with Crippen molar-refractivity contribution in [1.82, 2.24) is 5.32 Å². The SMILES string of the molecule is COC(=O)CCCCCC[C@@H]1[C@@H](CO[Si](C)(C)C(C)(C)C)[C@H](NC(=O)OCc2ccccc2)C[C@@H]1C. The number of hydrogen-bond donors (Lipinski definition) is 1. The second-order valence-corrected chi connectivity index (χ2v) is 16.8. The van der Waals surface area contributed by atoms with E-state index in [4.69, 9.17) is 13.9 Å². The summed E-state index contributed by atoms with van der Waals surface area (Å²) >= 11 is 0. The molecule has 1 aromatic carbocycles. The summed E-state index contributed by atoms with van der Waals surface area (Å²) in [6.45, 7) is 14.6. The van der Waals surface area contributed by atoms with E-state index in [0.29, 0.717) is 24.9 Å². The molecule has 0 radical (unpaired) electrons. The van der Waals surface area contributed by atoms with Gasteiger partial charge in [-0.25, -0.2) is 4.79 Å². The first-order valence-corrected chi connectivity index (χ1v) is 16.5. The molecule has 4 atom stereocenters. The maximum Gasteiger partial charge on any atom is 0.407 e. The Morgan fingerprint density at radius 3 is 2.33 bits per heavy atom. The van der Waals surface area contributed by atoms with E-state index in [9.17, 15) is 9.59 Å². The first kappa shape index (κ1) is 30.4. The average Bonchev–Trinajstić information content (AvgIpc) is 3.11. The molecule has 0 heterocycles. The fraction of sp³-hybridized carbons (Fsp3) is 0.724. The predicted molar refractivity (Wildman–Crippen MR) is 147 cm³/mol. The molecule has 0 aromatic heterocycles. The van der Waals surface area contributed by atoms with Crippen molar-refractivity contribution in [2.45, 2.75) is 103 Å². The maximum atomic E-state index is 12.7. The number of alkyl carbamates (subject to hydrolysis) is 1. The van der Waals surface area contributed by atoms with Gasteiger partial charge in [-0.3, -0.25) is 4.79 Å². The highest BCUT2D eigenvalue weighted by molar-refractivity contribution is 6.74. The summed E-state index contributed by atoms with van der Waals surface area (Å²) < 4.78 is 17.0.